The van der Waals surface area contributed by atoms with Gasteiger partial charge in [-0.1, -0.05) is 51.2 Å². The first-order valence-corrected chi connectivity index (χ1v) is 11.5. The third-order valence-electron chi connectivity index (χ3n) is 5.67. The van der Waals surface area contributed by atoms with E-state index in [1.54, 1.807) is 0 Å². The maximum absolute atomic E-state index is 12.0. The van der Waals surface area contributed by atoms with Crippen molar-refractivity contribution in [3.8, 4) is 5.75 Å². The molecule has 0 aromatic heterocycles. The highest BCUT2D eigenvalue weighted by Gasteiger charge is 2.17. The molecule has 0 saturated carbocycles. The van der Waals surface area contributed by atoms with E-state index < -0.39 is 0 Å². The van der Waals surface area contributed by atoms with Gasteiger partial charge in [0, 0.05) is 38.8 Å². The predicted molar refractivity (Wildman–Crippen MR) is 118 cm³/mol. The van der Waals surface area contributed by atoms with Gasteiger partial charge in [-0.3, -0.25) is 9.69 Å². The van der Waals surface area contributed by atoms with Crippen molar-refractivity contribution in [3.05, 3.63) is 29.8 Å². The lowest BCUT2D eigenvalue weighted by Crippen LogP contribution is -2.38. The number of likely N-dealkylation sites (N-methyl/N-ethyl adjacent to an activating group) is 1. The lowest BCUT2D eigenvalue weighted by molar-refractivity contribution is -0.121. The maximum Gasteiger partial charge on any atom is 0.220 e. The zero-order chi connectivity index (χ0) is 20.7. The number of benzene rings is 1. The Balaban J connectivity index is 1.61. The molecule has 0 unspecified atom stereocenters. The van der Waals surface area contributed by atoms with E-state index in [9.17, 15) is 4.79 Å². The number of carbonyl (C=O) groups is 1. The SMILES string of the molecule is CCCCCCCCC(=O)NCc1cccc(OCCN(C)C2CCOCC2)c1. The van der Waals surface area contributed by atoms with Gasteiger partial charge in [-0.25, -0.2) is 0 Å². The molecule has 0 radical (unpaired) electrons. The van der Waals surface area contributed by atoms with E-state index in [2.05, 4.69) is 24.2 Å². The summed E-state index contributed by atoms with van der Waals surface area (Å²) in [6, 6.07) is 8.63. The highest BCUT2D eigenvalue weighted by Crippen LogP contribution is 2.15. The summed E-state index contributed by atoms with van der Waals surface area (Å²) >= 11 is 0. The van der Waals surface area contributed by atoms with Crippen molar-refractivity contribution in [1.82, 2.24) is 10.2 Å². The molecule has 0 spiro atoms. The highest BCUT2D eigenvalue weighted by molar-refractivity contribution is 5.75. The smallest absolute Gasteiger partial charge is 0.220 e. The van der Waals surface area contributed by atoms with Crippen molar-refractivity contribution >= 4 is 5.91 Å². The van der Waals surface area contributed by atoms with Gasteiger partial charge in [-0.05, 0) is 44.0 Å². The second kappa shape index (κ2) is 14.4. The molecule has 29 heavy (non-hydrogen) atoms. The molecule has 0 atom stereocenters. The van der Waals surface area contributed by atoms with Gasteiger partial charge in [0.05, 0.1) is 0 Å². The van der Waals surface area contributed by atoms with Crippen LogP contribution in [0.1, 0.15) is 70.3 Å². The fourth-order valence-electron chi connectivity index (χ4n) is 3.72. The van der Waals surface area contributed by atoms with Crippen LogP contribution in [0.2, 0.25) is 0 Å². The van der Waals surface area contributed by atoms with E-state index in [1.165, 1.54) is 25.7 Å². The fourth-order valence-corrected chi connectivity index (χ4v) is 3.72. The molecule has 0 aliphatic carbocycles. The van der Waals surface area contributed by atoms with E-state index in [-0.39, 0.29) is 5.91 Å². The van der Waals surface area contributed by atoms with Crippen LogP contribution in [0.4, 0.5) is 0 Å². The molecule has 5 nitrogen and oxygen atoms in total. The predicted octanol–water partition coefficient (Wildman–Crippen LogP) is 4.54. The number of hydrogen-bond donors (Lipinski definition) is 1. The Labute approximate surface area is 177 Å². The standard InChI is InChI=1S/C24H40N2O3/c1-3-4-5-6-7-8-12-24(27)25-20-21-10-9-11-23(19-21)29-18-15-26(2)22-13-16-28-17-14-22/h9-11,19,22H,3-8,12-18,20H2,1-2H3,(H,25,27). The Bertz CT molecular complexity index is 573. The molecule has 1 amide bonds. The zero-order valence-electron chi connectivity index (χ0n) is 18.5. The summed E-state index contributed by atoms with van der Waals surface area (Å²) < 4.78 is 11.4. The van der Waals surface area contributed by atoms with Crippen molar-refractivity contribution < 1.29 is 14.3 Å². The molecule has 164 valence electrons. The largest absolute Gasteiger partial charge is 0.492 e. The Morgan fingerprint density at radius 3 is 2.72 bits per heavy atom. The summed E-state index contributed by atoms with van der Waals surface area (Å²) in [5, 5.41) is 3.03. The second-order valence-corrected chi connectivity index (χ2v) is 8.11. The van der Waals surface area contributed by atoms with Gasteiger partial charge in [0.1, 0.15) is 12.4 Å². The van der Waals surface area contributed by atoms with Gasteiger partial charge in [-0.15, -0.1) is 0 Å². The number of unbranched alkanes of at least 4 members (excludes halogenated alkanes) is 5. The van der Waals surface area contributed by atoms with Gasteiger partial charge in [0.2, 0.25) is 5.91 Å². The van der Waals surface area contributed by atoms with Gasteiger partial charge in [0.15, 0.2) is 0 Å². The quantitative estimate of drug-likeness (QED) is 0.463. The number of rotatable bonds is 14. The number of amides is 1. The van der Waals surface area contributed by atoms with Gasteiger partial charge in [-0.2, -0.15) is 0 Å². The summed E-state index contributed by atoms with van der Waals surface area (Å²) in [4.78, 5) is 14.4. The normalized spacial score (nSPS) is 14.9. The summed E-state index contributed by atoms with van der Waals surface area (Å²) in [5.74, 6) is 1.01. The Kier molecular flexibility index (Phi) is 11.8. The summed E-state index contributed by atoms with van der Waals surface area (Å²) in [6.45, 7) is 6.09. The first-order valence-electron chi connectivity index (χ1n) is 11.5. The van der Waals surface area contributed by atoms with Gasteiger partial charge < -0.3 is 14.8 Å². The van der Waals surface area contributed by atoms with Crippen LogP contribution < -0.4 is 10.1 Å². The van der Waals surface area contributed by atoms with E-state index in [4.69, 9.17) is 9.47 Å². The Morgan fingerprint density at radius 1 is 1.17 bits per heavy atom. The number of carbonyl (C=O) groups excluding carboxylic acids is 1. The monoisotopic (exact) mass is 404 g/mol. The van der Waals surface area contributed by atoms with Crippen LogP contribution in [-0.4, -0.2) is 50.3 Å². The number of ether oxygens (including phenoxy) is 2. The molecule has 2 rings (SSSR count). The van der Waals surface area contributed by atoms with Crippen LogP contribution in [0, 0.1) is 0 Å². The molecule has 0 bridgehead atoms. The molecule has 1 heterocycles. The van der Waals surface area contributed by atoms with E-state index in [0.29, 0.717) is 25.6 Å². The van der Waals surface area contributed by atoms with Crippen molar-refractivity contribution in [2.45, 2.75) is 77.3 Å². The number of hydrogen-bond acceptors (Lipinski definition) is 4. The van der Waals surface area contributed by atoms with Crippen LogP contribution in [0.5, 0.6) is 5.75 Å². The van der Waals surface area contributed by atoms with E-state index >= 15 is 0 Å². The average Bonchev–Trinajstić information content (AvgIpc) is 2.75. The molecule has 1 N–H and O–H groups in total. The first kappa shape index (κ1) is 23.7. The molecule has 1 aliphatic rings. The molecule has 1 aliphatic heterocycles. The van der Waals surface area contributed by atoms with Crippen molar-refractivity contribution in [2.24, 2.45) is 0 Å². The van der Waals surface area contributed by atoms with Crippen LogP contribution in [0.25, 0.3) is 0 Å². The van der Waals surface area contributed by atoms with Crippen LogP contribution in [0.15, 0.2) is 24.3 Å². The lowest BCUT2D eigenvalue weighted by Gasteiger charge is -2.31. The Morgan fingerprint density at radius 2 is 1.93 bits per heavy atom. The number of nitrogens with one attached hydrogen (secondary N) is 1. The molecule has 1 saturated heterocycles. The van der Waals surface area contributed by atoms with Gasteiger partial charge in [0.25, 0.3) is 0 Å². The lowest BCUT2D eigenvalue weighted by atomic mass is 10.1. The zero-order valence-corrected chi connectivity index (χ0v) is 18.5. The minimum Gasteiger partial charge on any atom is -0.492 e. The molecular weight excluding hydrogens is 364 g/mol. The number of nitrogens with zero attached hydrogens (tertiary/aromatic N) is 1. The summed E-state index contributed by atoms with van der Waals surface area (Å²) in [5.41, 5.74) is 1.08. The minimum atomic E-state index is 0.143. The molecule has 1 fully saturated rings. The third kappa shape index (κ3) is 10.1. The minimum absolute atomic E-state index is 0.143. The van der Waals surface area contributed by atoms with Crippen molar-refractivity contribution in [3.63, 3.8) is 0 Å². The molecular formula is C24H40N2O3. The van der Waals surface area contributed by atoms with Crippen LogP contribution >= 0.6 is 0 Å². The third-order valence-corrected chi connectivity index (χ3v) is 5.67. The summed E-state index contributed by atoms with van der Waals surface area (Å²) in [6.07, 6.45) is 10.1. The van der Waals surface area contributed by atoms with Gasteiger partial charge >= 0.3 is 0 Å². The van der Waals surface area contributed by atoms with Crippen molar-refractivity contribution in [1.29, 1.82) is 0 Å². The molecule has 1 aromatic carbocycles. The van der Waals surface area contributed by atoms with E-state index in [1.807, 2.05) is 24.3 Å². The van der Waals surface area contributed by atoms with Crippen LogP contribution in [0.3, 0.4) is 0 Å². The van der Waals surface area contributed by atoms with Crippen molar-refractivity contribution in [2.75, 3.05) is 33.4 Å². The topological polar surface area (TPSA) is 50.8 Å². The molecule has 1 aromatic rings. The Hall–Kier alpha value is -1.59. The second-order valence-electron chi connectivity index (χ2n) is 8.11. The molecule has 5 heteroatoms. The first-order chi connectivity index (χ1) is 14.2. The average molecular weight is 405 g/mol. The van der Waals surface area contributed by atoms with E-state index in [0.717, 1.165) is 56.8 Å². The van der Waals surface area contributed by atoms with Crippen LogP contribution in [-0.2, 0) is 16.1 Å². The summed E-state index contributed by atoms with van der Waals surface area (Å²) in [7, 11) is 2.16. The maximum atomic E-state index is 12.0. The fraction of sp³-hybridized carbons (Fsp3) is 0.708. The highest BCUT2D eigenvalue weighted by atomic mass is 16.5.